The molecule has 1 aliphatic heterocycles. The molecule has 0 aromatic heterocycles. The molecule has 1 saturated carbocycles. The van der Waals surface area contributed by atoms with E-state index in [2.05, 4.69) is 6.92 Å². The van der Waals surface area contributed by atoms with Crippen LogP contribution < -0.4 is 0 Å². The minimum atomic E-state index is 0.303. The Kier molecular flexibility index (Phi) is 2.40. The second-order valence-corrected chi connectivity index (χ2v) is 4.78. The first-order valence-electron chi connectivity index (χ1n) is 5.42. The smallest absolute Gasteiger partial charge is 0.0888 e. The van der Waals surface area contributed by atoms with Crippen LogP contribution in [0, 0.1) is 5.92 Å². The molecule has 2 aliphatic rings. The van der Waals surface area contributed by atoms with Gasteiger partial charge in [0, 0.05) is 0 Å². The summed E-state index contributed by atoms with van der Waals surface area (Å²) in [5, 5.41) is 0. The van der Waals surface area contributed by atoms with Crippen LogP contribution >= 0.6 is 0 Å². The van der Waals surface area contributed by atoms with Gasteiger partial charge in [-0.1, -0.05) is 32.1 Å². The highest BCUT2D eigenvalue weighted by Crippen LogP contribution is 2.35. The fraction of sp³-hybridized carbons (Fsp3) is 1.00. The molecule has 1 heterocycles. The monoisotopic (exact) mass is 168 g/mol. The Labute approximate surface area is 75.5 Å². The highest BCUT2D eigenvalue weighted by atomic mass is 16.6. The molecule has 1 unspecified atom stereocenters. The molecule has 0 N–H and O–H groups in total. The van der Waals surface area contributed by atoms with Crippen LogP contribution in [0.5, 0.6) is 0 Å². The quantitative estimate of drug-likeness (QED) is 0.590. The molecule has 1 nitrogen and oxygen atoms in total. The molecule has 70 valence electrons. The van der Waals surface area contributed by atoms with E-state index >= 15 is 0 Å². The summed E-state index contributed by atoms with van der Waals surface area (Å²) in [4.78, 5) is 0. The fourth-order valence-electron chi connectivity index (χ4n) is 2.25. The van der Waals surface area contributed by atoms with Gasteiger partial charge >= 0.3 is 0 Å². The van der Waals surface area contributed by atoms with Gasteiger partial charge in [0.2, 0.25) is 0 Å². The van der Waals surface area contributed by atoms with Gasteiger partial charge in [0.15, 0.2) is 0 Å². The zero-order chi connectivity index (χ0) is 8.44. The van der Waals surface area contributed by atoms with Crippen molar-refractivity contribution in [2.45, 2.75) is 57.5 Å². The lowest BCUT2D eigenvalue weighted by atomic mass is 9.84. The molecule has 1 atom stereocenters. The number of hydrogen-bond acceptors (Lipinski definition) is 1. The van der Waals surface area contributed by atoms with E-state index in [1.54, 1.807) is 0 Å². The SMILES string of the molecule is CC1(CCC2CCCCC2)CO1. The van der Waals surface area contributed by atoms with Crippen molar-refractivity contribution in [3.8, 4) is 0 Å². The second-order valence-electron chi connectivity index (χ2n) is 4.78. The Morgan fingerprint density at radius 3 is 2.50 bits per heavy atom. The lowest BCUT2D eigenvalue weighted by Crippen LogP contribution is -2.11. The van der Waals surface area contributed by atoms with Gasteiger partial charge < -0.3 is 4.74 Å². The van der Waals surface area contributed by atoms with Crippen molar-refractivity contribution in [3.63, 3.8) is 0 Å². The van der Waals surface area contributed by atoms with E-state index in [4.69, 9.17) is 4.74 Å². The summed E-state index contributed by atoms with van der Waals surface area (Å²) < 4.78 is 5.39. The van der Waals surface area contributed by atoms with Crippen molar-refractivity contribution in [3.05, 3.63) is 0 Å². The minimum absolute atomic E-state index is 0.303. The third kappa shape index (κ3) is 2.22. The molecule has 0 spiro atoms. The van der Waals surface area contributed by atoms with E-state index in [0.29, 0.717) is 5.60 Å². The van der Waals surface area contributed by atoms with Gasteiger partial charge in [-0.05, 0) is 25.7 Å². The van der Waals surface area contributed by atoms with E-state index in [1.165, 1.54) is 44.9 Å². The third-order valence-corrected chi connectivity index (χ3v) is 3.44. The van der Waals surface area contributed by atoms with Crippen LogP contribution in [0.2, 0.25) is 0 Å². The summed E-state index contributed by atoms with van der Waals surface area (Å²) in [5.41, 5.74) is 0.303. The van der Waals surface area contributed by atoms with E-state index in [9.17, 15) is 0 Å². The van der Waals surface area contributed by atoms with Crippen molar-refractivity contribution in [1.29, 1.82) is 0 Å². The molecule has 0 radical (unpaired) electrons. The summed E-state index contributed by atoms with van der Waals surface area (Å²) in [6, 6.07) is 0. The number of ether oxygens (including phenoxy) is 1. The second kappa shape index (κ2) is 3.37. The summed E-state index contributed by atoms with van der Waals surface area (Å²) in [5.74, 6) is 1.03. The van der Waals surface area contributed by atoms with Crippen molar-refractivity contribution >= 4 is 0 Å². The van der Waals surface area contributed by atoms with Gasteiger partial charge in [-0.3, -0.25) is 0 Å². The van der Waals surface area contributed by atoms with Crippen LogP contribution in [0.3, 0.4) is 0 Å². The lowest BCUT2D eigenvalue weighted by molar-refractivity contribution is 0.262. The van der Waals surface area contributed by atoms with E-state index in [-0.39, 0.29) is 0 Å². The Morgan fingerprint density at radius 1 is 1.25 bits per heavy atom. The normalized spacial score (nSPS) is 36.8. The first-order valence-corrected chi connectivity index (χ1v) is 5.42. The van der Waals surface area contributed by atoms with Gasteiger partial charge in [0.1, 0.15) is 0 Å². The highest BCUT2D eigenvalue weighted by molar-refractivity contribution is 4.87. The minimum Gasteiger partial charge on any atom is -0.370 e. The Bertz CT molecular complexity index is 143. The molecule has 0 aromatic rings. The molecular weight excluding hydrogens is 148 g/mol. The topological polar surface area (TPSA) is 12.5 Å². The van der Waals surface area contributed by atoms with E-state index in [1.807, 2.05) is 0 Å². The van der Waals surface area contributed by atoms with Crippen LogP contribution in [0.4, 0.5) is 0 Å². The van der Waals surface area contributed by atoms with Crippen LogP contribution in [-0.4, -0.2) is 12.2 Å². The third-order valence-electron chi connectivity index (χ3n) is 3.44. The maximum atomic E-state index is 5.39. The average molecular weight is 168 g/mol. The first-order chi connectivity index (χ1) is 5.79. The zero-order valence-electron chi connectivity index (χ0n) is 8.14. The van der Waals surface area contributed by atoms with Gasteiger partial charge in [0.25, 0.3) is 0 Å². The van der Waals surface area contributed by atoms with Crippen LogP contribution in [0.1, 0.15) is 51.9 Å². The molecule has 0 bridgehead atoms. The summed E-state index contributed by atoms with van der Waals surface area (Å²) in [6.45, 7) is 3.26. The van der Waals surface area contributed by atoms with Gasteiger partial charge in [-0.25, -0.2) is 0 Å². The van der Waals surface area contributed by atoms with Crippen LogP contribution in [-0.2, 0) is 4.74 Å². The number of rotatable bonds is 3. The Balaban J connectivity index is 1.65. The van der Waals surface area contributed by atoms with Crippen LogP contribution in [0.15, 0.2) is 0 Å². The molecule has 0 amide bonds. The lowest BCUT2D eigenvalue weighted by Gasteiger charge is -2.21. The highest BCUT2D eigenvalue weighted by Gasteiger charge is 2.38. The molecular formula is C11H20O. The number of epoxide rings is 1. The van der Waals surface area contributed by atoms with E-state index < -0.39 is 0 Å². The largest absolute Gasteiger partial charge is 0.370 e. The molecule has 12 heavy (non-hydrogen) atoms. The summed E-state index contributed by atoms with van der Waals surface area (Å²) >= 11 is 0. The maximum Gasteiger partial charge on any atom is 0.0888 e. The summed E-state index contributed by atoms with van der Waals surface area (Å²) in [6.07, 6.45) is 10.1. The molecule has 1 aliphatic carbocycles. The van der Waals surface area contributed by atoms with Crippen molar-refractivity contribution in [2.24, 2.45) is 5.92 Å². The fourth-order valence-corrected chi connectivity index (χ4v) is 2.25. The molecule has 1 heteroatoms. The molecule has 0 aromatic carbocycles. The average Bonchev–Trinajstić information content (AvgIpc) is 2.84. The standard InChI is InChI=1S/C11H20O/c1-11(9-12-11)8-7-10-5-3-2-4-6-10/h10H,2-9H2,1H3. The molecule has 1 saturated heterocycles. The van der Waals surface area contributed by atoms with Crippen molar-refractivity contribution in [1.82, 2.24) is 0 Å². The summed E-state index contributed by atoms with van der Waals surface area (Å²) in [7, 11) is 0. The maximum absolute atomic E-state index is 5.39. The van der Waals surface area contributed by atoms with Gasteiger partial charge in [-0.2, -0.15) is 0 Å². The van der Waals surface area contributed by atoms with Crippen molar-refractivity contribution < 1.29 is 4.74 Å². The van der Waals surface area contributed by atoms with Crippen LogP contribution in [0.25, 0.3) is 0 Å². The molecule has 2 fully saturated rings. The Hall–Kier alpha value is -0.0400. The Morgan fingerprint density at radius 2 is 1.92 bits per heavy atom. The van der Waals surface area contributed by atoms with Gasteiger partial charge in [-0.15, -0.1) is 0 Å². The van der Waals surface area contributed by atoms with Gasteiger partial charge in [0.05, 0.1) is 12.2 Å². The van der Waals surface area contributed by atoms with Crippen molar-refractivity contribution in [2.75, 3.05) is 6.61 Å². The number of hydrogen-bond donors (Lipinski definition) is 0. The predicted molar refractivity (Wildman–Crippen MR) is 50.2 cm³/mol. The zero-order valence-corrected chi connectivity index (χ0v) is 8.14. The molecule has 2 rings (SSSR count). The first kappa shape index (κ1) is 8.55. The predicted octanol–water partition coefficient (Wildman–Crippen LogP) is 3.14. The van der Waals surface area contributed by atoms with E-state index in [0.717, 1.165) is 12.5 Å².